The zero-order valence-electron chi connectivity index (χ0n) is 15.9. The van der Waals surface area contributed by atoms with E-state index in [2.05, 4.69) is 14.9 Å². The topological polar surface area (TPSA) is 58.6 Å². The van der Waals surface area contributed by atoms with E-state index in [9.17, 15) is 4.79 Å². The lowest BCUT2D eigenvalue weighted by Gasteiger charge is -2.25. The van der Waals surface area contributed by atoms with Crippen LogP contribution in [-0.4, -0.2) is 60.2 Å². The molecule has 2 fully saturated rings. The molecule has 6 nitrogen and oxygen atoms in total. The van der Waals surface area contributed by atoms with E-state index in [0.717, 1.165) is 50.5 Å². The van der Waals surface area contributed by atoms with Gasteiger partial charge in [0.1, 0.15) is 18.8 Å². The molecule has 0 aromatic carbocycles. The number of carbonyl (C=O) groups excluding carboxylic acids is 1. The van der Waals surface area contributed by atoms with Crippen LogP contribution in [0.4, 0.5) is 5.82 Å². The molecule has 0 N–H and O–H groups in total. The SMILES string of the molecule is CCOCC(=O)N1CCc2ncnc(N3CCC4(CCCC4)C3)c2CC1. The third-order valence-electron chi connectivity index (χ3n) is 6.45. The number of nitrogens with zero attached hydrogens (tertiary/aromatic N) is 4. The summed E-state index contributed by atoms with van der Waals surface area (Å²) in [6.45, 7) is 6.38. The summed E-state index contributed by atoms with van der Waals surface area (Å²) in [5, 5.41) is 0. The van der Waals surface area contributed by atoms with Gasteiger partial charge >= 0.3 is 0 Å². The molecule has 1 saturated heterocycles. The molecule has 1 spiro atoms. The maximum Gasteiger partial charge on any atom is 0.248 e. The van der Waals surface area contributed by atoms with Crippen LogP contribution < -0.4 is 4.90 Å². The van der Waals surface area contributed by atoms with E-state index >= 15 is 0 Å². The van der Waals surface area contributed by atoms with Gasteiger partial charge in [-0.25, -0.2) is 9.97 Å². The van der Waals surface area contributed by atoms with Crippen molar-refractivity contribution in [2.45, 2.75) is 51.9 Å². The second-order valence-corrected chi connectivity index (χ2v) is 8.02. The monoisotopic (exact) mass is 358 g/mol. The summed E-state index contributed by atoms with van der Waals surface area (Å²) in [6.07, 6.45) is 10.2. The van der Waals surface area contributed by atoms with Crippen molar-refractivity contribution in [3.05, 3.63) is 17.6 Å². The summed E-state index contributed by atoms with van der Waals surface area (Å²) in [7, 11) is 0. The first-order valence-corrected chi connectivity index (χ1v) is 10.1. The average molecular weight is 358 g/mol. The van der Waals surface area contributed by atoms with Crippen molar-refractivity contribution in [2.75, 3.05) is 44.3 Å². The Morgan fingerprint density at radius 2 is 1.96 bits per heavy atom. The van der Waals surface area contributed by atoms with E-state index in [0.29, 0.717) is 12.0 Å². The van der Waals surface area contributed by atoms with Crippen molar-refractivity contribution < 1.29 is 9.53 Å². The number of hydrogen-bond acceptors (Lipinski definition) is 5. The molecule has 2 aliphatic heterocycles. The van der Waals surface area contributed by atoms with E-state index in [-0.39, 0.29) is 12.5 Å². The van der Waals surface area contributed by atoms with Gasteiger partial charge in [0.25, 0.3) is 0 Å². The van der Waals surface area contributed by atoms with Gasteiger partial charge in [0.05, 0.1) is 5.69 Å². The first-order valence-electron chi connectivity index (χ1n) is 10.1. The highest BCUT2D eigenvalue weighted by Crippen LogP contribution is 2.46. The van der Waals surface area contributed by atoms with Gasteiger partial charge in [-0.15, -0.1) is 0 Å². The Hall–Kier alpha value is -1.69. The van der Waals surface area contributed by atoms with Crippen LogP contribution in [0.1, 0.15) is 50.3 Å². The predicted molar refractivity (Wildman–Crippen MR) is 100 cm³/mol. The number of fused-ring (bicyclic) bond motifs is 1. The zero-order chi connectivity index (χ0) is 18.0. The van der Waals surface area contributed by atoms with Gasteiger partial charge in [0, 0.05) is 44.8 Å². The second-order valence-electron chi connectivity index (χ2n) is 8.02. The van der Waals surface area contributed by atoms with Gasteiger partial charge in [-0.1, -0.05) is 12.8 Å². The second kappa shape index (κ2) is 7.51. The molecule has 6 heteroatoms. The zero-order valence-corrected chi connectivity index (χ0v) is 15.9. The molecule has 0 unspecified atom stereocenters. The van der Waals surface area contributed by atoms with Gasteiger partial charge in [0.2, 0.25) is 5.91 Å². The minimum atomic E-state index is 0.0836. The standard InChI is InChI=1S/C20H30N4O2/c1-2-26-13-18(25)23-10-5-16-17(6-11-23)21-15-22-19(16)24-12-9-20(14-24)7-3-4-8-20/h15H,2-14H2,1H3. The number of aromatic nitrogens is 2. The van der Waals surface area contributed by atoms with Crippen molar-refractivity contribution in [1.29, 1.82) is 0 Å². The average Bonchev–Trinajstić information content (AvgIpc) is 3.24. The highest BCUT2D eigenvalue weighted by molar-refractivity contribution is 5.77. The first kappa shape index (κ1) is 17.7. The Bertz CT molecular complexity index is 657. The fraction of sp³-hybridized carbons (Fsp3) is 0.750. The third-order valence-corrected chi connectivity index (χ3v) is 6.45. The van der Waals surface area contributed by atoms with Crippen LogP contribution >= 0.6 is 0 Å². The van der Waals surface area contributed by atoms with Gasteiger partial charge in [-0.05, 0) is 38.0 Å². The van der Waals surface area contributed by atoms with E-state index in [1.165, 1.54) is 37.7 Å². The molecule has 3 heterocycles. The quantitative estimate of drug-likeness (QED) is 0.826. The van der Waals surface area contributed by atoms with Gasteiger partial charge < -0.3 is 14.5 Å². The minimum Gasteiger partial charge on any atom is -0.372 e. The highest BCUT2D eigenvalue weighted by Gasteiger charge is 2.41. The molecule has 1 saturated carbocycles. The molecule has 142 valence electrons. The van der Waals surface area contributed by atoms with E-state index < -0.39 is 0 Å². The molecule has 26 heavy (non-hydrogen) atoms. The maximum absolute atomic E-state index is 12.3. The molecule has 0 radical (unpaired) electrons. The van der Waals surface area contributed by atoms with E-state index in [4.69, 9.17) is 4.74 Å². The molecule has 1 aromatic rings. The molecular formula is C20H30N4O2. The normalized spacial score (nSPS) is 21.9. The lowest BCUT2D eigenvalue weighted by Crippen LogP contribution is -2.36. The summed E-state index contributed by atoms with van der Waals surface area (Å²) in [4.78, 5) is 26.0. The lowest BCUT2D eigenvalue weighted by molar-refractivity contribution is -0.135. The number of anilines is 1. The van der Waals surface area contributed by atoms with Crippen LogP contribution in [0.5, 0.6) is 0 Å². The predicted octanol–water partition coefficient (Wildman–Crippen LogP) is 2.21. The lowest BCUT2D eigenvalue weighted by atomic mass is 9.86. The van der Waals surface area contributed by atoms with Crippen molar-refractivity contribution in [1.82, 2.24) is 14.9 Å². The summed E-state index contributed by atoms with van der Waals surface area (Å²) >= 11 is 0. The molecule has 1 aliphatic carbocycles. The third kappa shape index (κ3) is 3.43. The molecule has 0 bridgehead atoms. The largest absolute Gasteiger partial charge is 0.372 e. The minimum absolute atomic E-state index is 0.0836. The van der Waals surface area contributed by atoms with Crippen molar-refractivity contribution in [3.63, 3.8) is 0 Å². The summed E-state index contributed by atoms with van der Waals surface area (Å²) < 4.78 is 5.30. The Kier molecular flexibility index (Phi) is 5.11. The number of ether oxygens (including phenoxy) is 1. The molecule has 4 rings (SSSR count). The fourth-order valence-electron chi connectivity index (χ4n) is 4.96. The molecular weight excluding hydrogens is 328 g/mol. The number of hydrogen-bond donors (Lipinski definition) is 0. The van der Waals surface area contributed by atoms with Gasteiger partial charge in [0.15, 0.2) is 0 Å². The molecule has 0 atom stereocenters. The van der Waals surface area contributed by atoms with Crippen LogP contribution in [0.25, 0.3) is 0 Å². The van der Waals surface area contributed by atoms with Gasteiger partial charge in [-0.3, -0.25) is 4.79 Å². The first-order chi connectivity index (χ1) is 12.7. The van der Waals surface area contributed by atoms with Crippen LogP contribution in [0.3, 0.4) is 0 Å². The summed E-state index contributed by atoms with van der Waals surface area (Å²) in [5.74, 6) is 1.21. The fourth-order valence-corrected chi connectivity index (χ4v) is 4.96. The Morgan fingerprint density at radius 3 is 2.77 bits per heavy atom. The van der Waals surface area contributed by atoms with Crippen molar-refractivity contribution in [2.24, 2.45) is 5.41 Å². The Labute approximate surface area is 155 Å². The number of rotatable bonds is 4. The van der Waals surface area contributed by atoms with Crippen LogP contribution in [0.2, 0.25) is 0 Å². The smallest absolute Gasteiger partial charge is 0.248 e. The maximum atomic E-state index is 12.3. The summed E-state index contributed by atoms with van der Waals surface area (Å²) in [5.41, 5.74) is 2.91. The Morgan fingerprint density at radius 1 is 1.15 bits per heavy atom. The van der Waals surface area contributed by atoms with E-state index in [1.807, 2.05) is 11.8 Å². The van der Waals surface area contributed by atoms with Crippen LogP contribution in [0, 0.1) is 5.41 Å². The van der Waals surface area contributed by atoms with E-state index in [1.54, 1.807) is 6.33 Å². The molecule has 1 amide bonds. The number of amides is 1. The summed E-state index contributed by atoms with van der Waals surface area (Å²) in [6, 6.07) is 0. The number of carbonyl (C=O) groups is 1. The van der Waals surface area contributed by atoms with Crippen molar-refractivity contribution in [3.8, 4) is 0 Å². The van der Waals surface area contributed by atoms with Gasteiger partial charge in [-0.2, -0.15) is 0 Å². The van der Waals surface area contributed by atoms with Crippen molar-refractivity contribution >= 4 is 11.7 Å². The van der Waals surface area contributed by atoms with Crippen LogP contribution in [0.15, 0.2) is 6.33 Å². The Balaban J connectivity index is 1.49. The molecule has 3 aliphatic rings. The van der Waals surface area contributed by atoms with Crippen LogP contribution in [-0.2, 0) is 22.4 Å². The molecule has 1 aromatic heterocycles. The highest BCUT2D eigenvalue weighted by atomic mass is 16.5.